The van der Waals surface area contributed by atoms with E-state index in [1.54, 1.807) is 18.3 Å². The molecule has 1 N–H and O–H groups in total. The zero-order valence-corrected chi connectivity index (χ0v) is 12.1. The van der Waals surface area contributed by atoms with Crippen molar-refractivity contribution in [3.8, 4) is 0 Å². The van der Waals surface area contributed by atoms with E-state index in [0.717, 1.165) is 20.7 Å². The van der Waals surface area contributed by atoms with E-state index < -0.39 is 4.92 Å². The van der Waals surface area contributed by atoms with E-state index in [2.05, 4.69) is 26.2 Å². The first-order chi connectivity index (χ1) is 8.56. The molecule has 0 saturated heterocycles. The van der Waals surface area contributed by atoms with Gasteiger partial charge in [-0.15, -0.1) is 0 Å². The Morgan fingerprint density at radius 1 is 1.56 bits per heavy atom. The molecule has 0 aliphatic rings. The predicted molar refractivity (Wildman–Crippen MR) is 75.2 cm³/mol. The first-order valence-electron chi connectivity index (χ1n) is 4.84. The molecule has 0 radical (unpaired) electrons. The molecule has 8 heteroatoms. The summed E-state index contributed by atoms with van der Waals surface area (Å²) in [4.78, 5) is 15.0. The van der Waals surface area contributed by atoms with Crippen LogP contribution in [0, 0.1) is 10.1 Å². The summed E-state index contributed by atoms with van der Waals surface area (Å²) < 4.78 is 0.812. The molecule has 2 aromatic heterocycles. The van der Waals surface area contributed by atoms with Crippen LogP contribution in [0.15, 0.2) is 28.9 Å². The molecule has 5 nitrogen and oxygen atoms in total. The number of hydrogen-bond donors (Lipinski definition) is 1. The minimum atomic E-state index is -0.401. The van der Waals surface area contributed by atoms with Gasteiger partial charge in [-0.05, 0) is 28.1 Å². The fraction of sp³-hybridized carbons (Fsp3) is 0.100. The van der Waals surface area contributed by atoms with Crippen molar-refractivity contribution in [2.45, 2.75) is 6.54 Å². The second-order valence-electron chi connectivity index (χ2n) is 3.34. The van der Waals surface area contributed by atoms with Crippen LogP contribution in [0.2, 0.25) is 5.15 Å². The molecule has 18 heavy (non-hydrogen) atoms. The van der Waals surface area contributed by atoms with Crippen LogP contribution in [0.1, 0.15) is 4.88 Å². The third-order valence-electron chi connectivity index (χ3n) is 2.09. The van der Waals surface area contributed by atoms with Gasteiger partial charge in [-0.1, -0.05) is 22.9 Å². The van der Waals surface area contributed by atoms with Crippen molar-refractivity contribution >= 4 is 49.6 Å². The van der Waals surface area contributed by atoms with E-state index in [9.17, 15) is 10.1 Å². The average Bonchev–Trinajstić information content (AvgIpc) is 2.79. The second kappa shape index (κ2) is 5.64. The number of anilines is 1. The topological polar surface area (TPSA) is 68.1 Å². The van der Waals surface area contributed by atoms with Crippen molar-refractivity contribution in [2.24, 2.45) is 0 Å². The largest absolute Gasteiger partial charge is 0.378 e. The van der Waals surface area contributed by atoms with E-state index in [4.69, 9.17) is 11.6 Å². The van der Waals surface area contributed by atoms with Crippen LogP contribution in [-0.4, -0.2) is 9.91 Å². The van der Waals surface area contributed by atoms with Crippen LogP contribution in [-0.2, 0) is 6.54 Å². The fourth-order valence-corrected chi connectivity index (χ4v) is 2.55. The Hall–Kier alpha value is -1.18. The lowest BCUT2D eigenvalue weighted by Gasteiger charge is -2.06. The lowest BCUT2D eigenvalue weighted by Crippen LogP contribution is -1.98. The normalized spacial score (nSPS) is 10.3. The van der Waals surface area contributed by atoms with Crippen LogP contribution >= 0.6 is 38.9 Å². The van der Waals surface area contributed by atoms with E-state index in [1.807, 2.05) is 0 Å². The zero-order valence-electron chi connectivity index (χ0n) is 8.89. The number of thiophene rings is 1. The van der Waals surface area contributed by atoms with Gasteiger partial charge in [0.15, 0.2) is 5.15 Å². The number of nitro groups is 1. The van der Waals surface area contributed by atoms with Gasteiger partial charge in [0.25, 0.3) is 0 Å². The molecule has 2 heterocycles. The Morgan fingerprint density at radius 3 is 3.00 bits per heavy atom. The zero-order chi connectivity index (χ0) is 13.1. The van der Waals surface area contributed by atoms with Gasteiger partial charge < -0.3 is 5.32 Å². The van der Waals surface area contributed by atoms with E-state index in [-0.39, 0.29) is 5.00 Å². The number of nitrogens with zero attached hydrogens (tertiary/aromatic N) is 2. The average molecular weight is 349 g/mol. The van der Waals surface area contributed by atoms with Crippen molar-refractivity contribution in [1.29, 1.82) is 0 Å². The molecular formula is C10H7BrClN3O2S. The molecule has 2 aromatic rings. The SMILES string of the molecule is O=[N+]([O-])c1ccc(CNc2cc(Br)cnc2Cl)s1. The van der Waals surface area contributed by atoms with E-state index >= 15 is 0 Å². The molecule has 0 fully saturated rings. The molecule has 0 spiro atoms. The summed E-state index contributed by atoms with van der Waals surface area (Å²) in [7, 11) is 0. The number of pyridine rings is 1. The van der Waals surface area contributed by atoms with Crippen LogP contribution < -0.4 is 5.32 Å². The summed E-state index contributed by atoms with van der Waals surface area (Å²) in [5.74, 6) is 0. The van der Waals surface area contributed by atoms with Gasteiger partial charge in [-0.2, -0.15) is 0 Å². The Labute approximate surface area is 120 Å². The van der Waals surface area contributed by atoms with Crippen LogP contribution in [0.25, 0.3) is 0 Å². The van der Waals surface area contributed by atoms with Crippen molar-refractivity contribution < 1.29 is 4.92 Å². The highest BCUT2D eigenvalue weighted by molar-refractivity contribution is 9.10. The number of nitrogens with one attached hydrogen (secondary N) is 1. The highest BCUT2D eigenvalue weighted by Crippen LogP contribution is 2.27. The molecule has 0 atom stereocenters. The highest BCUT2D eigenvalue weighted by atomic mass is 79.9. The van der Waals surface area contributed by atoms with Crippen LogP contribution in [0.3, 0.4) is 0 Å². The van der Waals surface area contributed by atoms with Crippen molar-refractivity contribution in [1.82, 2.24) is 4.98 Å². The molecular weight excluding hydrogens is 342 g/mol. The standard InChI is InChI=1S/C10H7BrClN3O2S/c11-6-3-8(10(12)14-4-6)13-5-7-1-2-9(18-7)15(16)17/h1-4,13H,5H2. The molecule has 0 aliphatic carbocycles. The Kier molecular flexibility index (Phi) is 4.15. The molecule has 0 bridgehead atoms. The minimum absolute atomic E-state index is 0.130. The molecule has 0 amide bonds. The molecule has 0 unspecified atom stereocenters. The Morgan fingerprint density at radius 2 is 2.33 bits per heavy atom. The van der Waals surface area contributed by atoms with Crippen molar-refractivity contribution in [2.75, 3.05) is 5.32 Å². The van der Waals surface area contributed by atoms with Crippen LogP contribution in [0.4, 0.5) is 10.7 Å². The molecule has 0 aromatic carbocycles. The van der Waals surface area contributed by atoms with E-state index in [1.165, 1.54) is 6.07 Å². The third-order valence-corrected chi connectivity index (χ3v) is 3.86. The van der Waals surface area contributed by atoms with Gasteiger partial charge in [0.2, 0.25) is 0 Å². The Balaban J connectivity index is 2.06. The van der Waals surface area contributed by atoms with Gasteiger partial charge in [-0.3, -0.25) is 10.1 Å². The summed E-state index contributed by atoms with van der Waals surface area (Å²) in [6.07, 6.45) is 1.60. The molecule has 2 rings (SSSR count). The van der Waals surface area contributed by atoms with Crippen molar-refractivity contribution in [3.63, 3.8) is 0 Å². The highest BCUT2D eigenvalue weighted by Gasteiger charge is 2.10. The van der Waals surface area contributed by atoms with Gasteiger partial charge in [0.05, 0.1) is 10.6 Å². The number of hydrogen-bond acceptors (Lipinski definition) is 5. The quantitative estimate of drug-likeness (QED) is 0.513. The smallest absolute Gasteiger partial charge is 0.324 e. The summed E-state index contributed by atoms with van der Waals surface area (Å²) >= 11 is 10.4. The number of halogens is 2. The maximum absolute atomic E-state index is 10.5. The summed E-state index contributed by atoms with van der Waals surface area (Å²) in [6, 6.07) is 5.01. The Bertz CT molecular complexity index is 590. The molecule has 94 valence electrons. The minimum Gasteiger partial charge on any atom is -0.378 e. The first-order valence-corrected chi connectivity index (χ1v) is 6.83. The first kappa shape index (κ1) is 13.3. The van der Waals surface area contributed by atoms with Gasteiger partial charge in [0.1, 0.15) is 0 Å². The van der Waals surface area contributed by atoms with E-state index in [0.29, 0.717) is 17.4 Å². The predicted octanol–water partition coefficient (Wildman–Crippen LogP) is 4.08. The lowest BCUT2D eigenvalue weighted by molar-refractivity contribution is -0.380. The van der Waals surface area contributed by atoms with Crippen LogP contribution in [0.5, 0.6) is 0 Å². The maximum Gasteiger partial charge on any atom is 0.324 e. The monoisotopic (exact) mass is 347 g/mol. The number of aromatic nitrogens is 1. The van der Waals surface area contributed by atoms with Crippen molar-refractivity contribution in [3.05, 3.63) is 49.0 Å². The lowest BCUT2D eigenvalue weighted by atomic mass is 10.4. The van der Waals surface area contributed by atoms with Gasteiger partial charge in [-0.25, -0.2) is 4.98 Å². The second-order valence-corrected chi connectivity index (χ2v) is 5.76. The molecule has 0 aliphatic heterocycles. The summed E-state index contributed by atoms with van der Waals surface area (Å²) in [5.41, 5.74) is 0.682. The van der Waals surface area contributed by atoms with Gasteiger partial charge >= 0.3 is 5.00 Å². The summed E-state index contributed by atoms with van der Waals surface area (Å²) in [5, 5.41) is 14.1. The maximum atomic E-state index is 10.5. The fourth-order valence-electron chi connectivity index (χ4n) is 1.29. The van der Waals surface area contributed by atoms with Gasteiger partial charge in [0, 0.05) is 28.2 Å². The molecule has 0 saturated carbocycles. The summed E-state index contributed by atoms with van der Waals surface area (Å²) in [6.45, 7) is 0.469. The third kappa shape index (κ3) is 3.18. The number of rotatable bonds is 4.